The fourth-order valence-corrected chi connectivity index (χ4v) is 2.46. The Labute approximate surface area is 113 Å². The molecule has 0 fully saturated rings. The van der Waals surface area contributed by atoms with Gasteiger partial charge in [-0.1, -0.05) is 19.1 Å². The summed E-state index contributed by atoms with van der Waals surface area (Å²) in [6, 6.07) is 8.40. The van der Waals surface area contributed by atoms with Crippen LogP contribution in [-0.4, -0.2) is 22.4 Å². The lowest BCUT2D eigenvalue weighted by atomic mass is 10.3. The highest BCUT2D eigenvalue weighted by Gasteiger charge is 2.09. The Morgan fingerprint density at radius 1 is 1.33 bits per heavy atom. The number of hydrogen-bond donors (Lipinski definition) is 1. The standard InChI is InChI=1S/C14H19N3S/c1-4-9-15-14-16-11(2)10-17(14)12-7-5-6-8-13(12)18-3/h5-8,10H,4,9H2,1-3H3,(H,15,16). The van der Waals surface area contributed by atoms with E-state index in [0.29, 0.717) is 0 Å². The van der Waals surface area contributed by atoms with Gasteiger partial charge in [-0.2, -0.15) is 0 Å². The fraction of sp³-hybridized carbons (Fsp3) is 0.357. The quantitative estimate of drug-likeness (QED) is 0.832. The monoisotopic (exact) mass is 261 g/mol. The lowest BCUT2D eigenvalue weighted by molar-refractivity contribution is 0.930. The Bertz CT molecular complexity index is 520. The number of anilines is 1. The van der Waals surface area contributed by atoms with Crippen LogP contribution in [0.2, 0.25) is 0 Å². The van der Waals surface area contributed by atoms with E-state index in [0.717, 1.165) is 24.6 Å². The third-order valence-corrected chi connectivity index (χ3v) is 3.49. The molecule has 0 saturated carbocycles. The molecule has 1 N–H and O–H groups in total. The molecule has 1 aromatic heterocycles. The number of aryl methyl sites for hydroxylation is 1. The summed E-state index contributed by atoms with van der Waals surface area (Å²) in [7, 11) is 0. The van der Waals surface area contributed by atoms with Crippen molar-refractivity contribution in [3.63, 3.8) is 0 Å². The van der Waals surface area contributed by atoms with E-state index in [9.17, 15) is 0 Å². The van der Waals surface area contributed by atoms with Crippen LogP contribution >= 0.6 is 11.8 Å². The minimum atomic E-state index is 0.927. The molecule has 0 saturated heterocycles. The number of imidazole rings is 1. The lowest BCUT2D eigenvalue weighted by Crippen LogP contribution is -2.07. The van der Waals surface area contributed by atoms with Crippen molar-refractivity contribution in [3.8, 4) is 5.69 Å². The Hall–Kier alpha value is -1.42. The molecule has 0 bridgehead atoms. The van der Waals surface area contributed by atoms with Crippen molar-refractivity contribution in [1.82, 2.24) is 9.55 Å². The van der Waals surface area contributed by atoms with Crippen molar-refractivity contribution in [2.24, 2.45) is 0 Å². The molecule has 96 valence electrons. The number of rotatable bonds is 5. The number of para-hydroxylation sites is 1. The molecule has 0 aliphatic rings. The third kappa shape index (κ3) is 2.70. The van der Waals surface area contributed by atoms with Crippen LogP contribution < -0.4 is 5.32 Å². The van der Waals surface area contributed by atoms with Crippen molar-refractivity contribution in [2.75, 3.05) is 18.1 Å². The number of hydrogen-bond acceptors (Lipinski definition) is 3. The SMILES string of the molecule is CCCNc1nc(C)cn1-c1ccccc1SC. The first-order valence-electron chi connectivity index (χ1n) is 6.19. The van der Waals surface area contributed by atoms with E-state index in [1.54, 1.807) is 11.8 Å². The summed E-state index contributed by atoms with van der Waals surface area (Å²) in [5.74, 6) is 0.927. The first kappa shape index (κ1) is 13.0. The predicted octanol–water partition coefficient (Wildman–Crippen LogP) is 3.72. The number of thioether (sulfide) groups is 1. The molecule has 2 aromatic rings. The summed E-state index contributed by atoms with van der Waals surface area (Å²) < 4.78 is 2.14. The number of aromatic nitrogens is 2. The highest BCUT2D eigenvalue weighted by Crippen LogP contribution is 2.26. The van der Waals surface area contributed by atoms with Gasteiger partial charge in [-0.05, 0) is 31.7 Å². The second kappa shape index (κ2) is 5.96. The first-order chi connectivity index (χ1) is 8.76. The Kier molecular flexibility index (Phi) is 4.31. The van der Waals surface area contributed by atoms with E-state index in [2.05, 4.69) is 58.5 Å². The molecule has 0 spiro atoms. The summed E-state index contributed by atoms with van der Waals surface area (Å²) in [6.45, 7) is 5.12. The van der Waals surface area contributed by atoms with Gasteiger partial charge in [0.05, 0.1) is 11.4 Å². The number of benzene rings is 1. The van der Waals surface area contributed by atoms with Crippen LogP contribution in [0.25, 0.3) is 5.69 Å². The van der Waals surface area contributed by atoms with Crippen molar-refractivity contribution < 1.29 is 0 Å². The van der Waals surface area contributed by atoms with Crippen molar-refractivity contribution in [3.05, 3.63) is 36.2 Å². The molecule has 18 heavy (non-hydrogen) atoms. The largest absolute Gasteiger partial charge is 0.355 e. The van der Waals surface area contributed by atoms with Gasteiger partial charge in [0.1, 0.15) is 0 Å². The van der Waals surface area contributed by atoms with Gasteiger partial charge < -0.3 is 5.32 Å². The summed E-state index contributed by atoms with van der Waals surface area (Å²) in [5, 5.41) is 3.38. The number of nitrogens with one attached hydrogen (secondary N) is 1. The summed E-state index contributed by atoms with van der Waals surface area (Å²) in [4.78, 5) is 5.80. The van der Waals surface area contributed by atoms with Gasteiger partial charge in [-0.15, -0.1) is 11.8 Å². The van der Waals surface area contributed by atoms with E-state index in [1.165, 1.54) is 10.6 Å². The van der Waals surface area contributed by atoms with Crippen molar-refractivity contribution in [1.29, 1.82) is 0 Å². The average molecular weight is 261 g/mol. The minimum Gasteiger partial charge on any atom is -0.355 e. The highest BCUT2D eigenvalue weighted by molar-refractivity contribution is 7.98. The molecule has 4 heteroatoms. The van der Waals surface area contributed by atoms with Crippen LogP contribution in [0.3, 0.4) is 0 Å². The summed E-state index contributed by atoms with van der Waals surface area (Å²) >= 11 is 1.76. The summed E-state index contributed by atoms with van der Waals surface area (Å²) in [5.41, 5.74) is 2.22. The summed E-state index contributed by atoms with van der Waals surface area (Å²) in [6.07, 6.45) is 5.27. The van der Waals surface area contributed by atoms with E-state index >= 15 is 0 Å². The zero-order valence-electron chi connectivity index (χ0n) is 11.1. The van der Waals surface area contributed by atoms with Gasteiger partial charge in [0.15, 0.2) is 0 Å². The molecular formula is C14H19N3S. The Balaban J connectivity index is 2.42. The molecule has 0 aliphatic carbocycles. The number of nitrogens with zero attached hydrogens (tertiary/aromatic N) is 2. The molecule has 3 nitrogen and oxygen atoms in total. The maximum absolute atomic E-state index is 4.54. The molecule has 1 heterocycles. The van der Waals surface area contributed by atoms with Gasteiger partial charge >= 0.3 is 0 Å². The fourth-order valence-electron chi connectivity index (χ4n) is 1.87. The molecule has 1 aromatic carbocycles. The van der Waals surface area contributed by atoms with Crippen LogP contribution in [0, 0.1) is 6.92 Å². The average Bonchev–Trinajstić information content (AvgIpc) is 2.77. The predicted molar refractivity (Wildman–Crippen MR) is 78.9 cm³/mol. The van der Waals surface area contributed by atoms with E-state index < -0.39 is 0 Å². The van der Waals surface area contributed by atoms with E-state index in [4.69, 9.17) is 0 Å². The molecule has 2 rings (SSSR count). The van der Waals surface area contributed by atoms with Gasteiger partial charge in [0.2, 0.25) is 5.95 Å². The first-order valence-corrected chi connectivity index (χ1v) is 7.42. The van der Waals surface area contributed by atoms with E-state index in [1.807, 2.05) is 6.92 Å². The topological polar surface area (TPSA) is 29.9 Å². The van der Waals surface area contributed by atoms with Gasteiger partial charge in [0.25, 0.3) is 0 Å². The molecule has 0 unspecified atom stereocenters. The molecule has 0 radical (unpaired) electrons. The van der Waals surface area contributed by atoms with Crippen LogP contribution in [-0.2, 0) is 0 Å². The Morgan fingerprint density at radius 3 is 2.83 bits per heavy atom. The molecule has 0 amide bonds. The maximum Gasteiger partial charge on any atom is 0.207 e. The van der Waals surface area contributed by atoms with Gasteiger partial charge in [-0.3, -0.25) is 4.57 Å². The normalized spacial score (nSPS) is 10.6. The zero-order valence-corrected chi connectivity index (χ0v) is 11.9. The van der Waals surface area contributed by atoms with Crippen molar-refractivity contribution in [2.45, 2.75) is 25.2 Å². The second-order valence-electron chi connectivity index (χ2n) is 4.17. The molecule has 0 atom stereocenters. The van der Waals surface area contributed by atoms with Crippen LogP contribution in [0.5, 0.6) is 0 Å². The van der Waals surface area contributed by atoms with Crippen LogP contribution in [0.1, 0.15) is 19.0 Å². The maximum atomic E-state index is 4.54. The van der Waals surface area contributed by atoms with Crippen molar-refractivity contribution >= 4 is 17.7 Å². The van der Waals surface area contributed by atoms with E-state index in [-0.39, 0.29) is 0 Å². The van der Waals surface area contributed by atoms with Crippen LogP contribution in [0.4, 0.5) is 5.95 Å². The third-order valence-electron chi connectivity index (χ3n) is 2.70. The van der Waals surface area contributed by atoms with Gasteiger partial charge in [0, 0.05) is 17.6 Å². The smallest absolute Gasteiger partial charge is 0.207 e. The van der Waals surface area contributed by atoms with Gasteiger partial charge in [-0.25, -0.2) is 4.98 Å². The minimum absolute atomic E-state index is 0.927. The lowest BCUT2D eigenvalue weighted by Gasteiger charge is -2.12. The highest BCUT2D eigenvalue weighted by atomic mass is 32.2. The zero-order chi connectivity index (χ0) is 13.0. The molecular weight excluding hydrogens is 242 g/mol. The molecule has 0 aliphatic heterocycles. The Morgan fingerprint density at radius 2 is 2.11 bits per heavy atom. The van der Waals surface area contributed by atoms with Crippen LogP contribution in [0.15, 0.2) is 35.4 Å². The second-order valence-corrected chi connectivity index (χ2v) is 5.02.